The van der Waals surface area contributed by atoms with E-state index in [0.29, 0.717) is 52.5 Å². The highest BCUT2D eigenvalue weighted by Crippen LogP contribution is 2.35. The summed E-state index contributed by atoms with van der Waals surface area (Å²) < 4.78 is 5.32. The minimum Gasteiger partial charge on any atom is -0.379 e. The van der Waals surface area contributed by atoms with E-state index >= 15 is 0 Å². The van der Waals surface area contributed by atoms with E-state index in [9.17, 15) is 9.59 Å². The van der Waals surface area contributed by atoms with Crippen LogP contribution in [-0.4, -0.2) is 117 Å². The lowest BCUT2D eigenvalue weighted by atomic mass is 9.75. The Labute approximate surface area is 156 Å². The Morgan fingerprint density at radius 2 is 1.62 bits per heavy atom. The highest BCUT2D eigenvalue weighted by atomic mass is 16.5. The molecule has 2 heterocycles. The van der Waals surface area contributed by atoms with E-state index in [-0.39, 0.29) is 17.5 Å². The number of carbonyl (C=O) groups excluding carboxylic acids is 2. The first-order valence-electron chi connectivity index (χ1n) is 9.78. The molecule has 1 N–H and O–H groups in total. The van der Waals surface area contributed by atoms with Crippen LogP contribution >= 0.6 is 0 Å². The van der Waals surface area contributed by atoms with Crippen molar-refractivity contribution < 1.29 is 14.3 Å². The largest absolute Gasteiger partial charge is 0.379 e. The molecule has 26 heavy (non-hydrogen) atoms. The van der Waals surface area contributed by atoms with Crippen LogP contribution in [0, 0.1) is 0 Å². The minimum absolute atomic E-state index is 0.00148. The molecule has 2 aliphatic heterocycles. The van der Waals surface area contributed by atoms with Gasteiger partial charge < -0.3 is 24.8 Å². The first kappa shape index (κ1) is 19.4. The molecule has 0 atom stereocenters. The monoisotopic (exact) mass is 367 g/mol. The first-order chi connectivity index (χ1) is 12.5. The first-order valence-corrected chi connectivity index (χ1v) is 9.78. The van der Waals surface area contributed by atoms with Crippen LogP contribution < -0.4 is 5.32 Å². The van der Waals surface area contributed by atoms with E-state index < -0.39 is 0 Å². The molecule has 3 aliphatic rings. The molecule has 2 saturated heterocycles. The van der Waals surface area contributed by atoms with E-state index in [2.05, 4.69) is 29.2 Å². The maximum atomic E-state index is 12.5. The van der Waals surface area contributed by atoms with Gasteiger partial charge in [-0.05, 0) is 33.4 Å². The molecule has 1 saturated carbocycles. The van der Waals surface area contributed by atoms with Crippen molar-refractivity contribution >= 4 is 11.9 Å². The van der Waals surface area contributed by atoms with Gasteiger partial charge in [-0.15, -0.1) is 0 Å². The summed E-state index contributed by atoms with van der Waals surface area (Å²) >= 11 is 0. The van der Waals surface area contributed by atoms with Gasteiger partial charge in [-0.25, -0.2) is 4.79 Å². The molecule has 3 rings (SSSR count). The van der Waals surface area contributed by atoms with Gasteiger partial charge in [0, 0.05) is 51.4 Å². The van der Waals surface area contributed by atoms with Crippen LogP contribution in [0.3, 0.4) is 0 Å². The van der Waals surface area contributed by atoms with Crippen molar-refractivity contribution in [1.29, 1.82) is 0 Å². The summed E-state index contributed by atoms with van der Waals surface area (Å²) in [6.07, 6.45) is 3.52. The van der Waals surface area contributed by atoms with E-state index in [4.69, 9.17) is 4.74 Å². The molecule has 0 aromatic rings. The number of piperazine rings is 1. The zero-order chi connectivity index (χ0) is 18.6. The molecule has 8 nitrogen and oxygen atoms in total. The van der Waals surface area contributed by atoms with Crippen molar-refractivity contribution in [1.82, 2.24) is 24.9 Å². The molecule has 0 radical (unpaired) electrons. The number of likely N-dealkylation sites (N-methyl/N-ethyl adjacent to an activating group) is 1. The van der Waals surface area contributed by atoms with E-state index in [1.165, 1.54) is 6.42 Å². The summed E-state index contributed by atoms with van der Waals surface area (Å²) in [5.74, 6) is 0.160. The number of carbonyl (C=O) groups is 2. The van der Waals surface area contributed by atoms with Crippen LogP contribution in [0.5, 0.6) is 0 Å². The third-order valence-electron chi connectivity index (χ3n) is 6.18. The lowest BCUT2D eigenvalue weighted by Crippen LogP contribution is -2.60. The van der Waals surface area contributed by atoms with Crippen LogP contribution in [0.15, 0.2) is 0 Å². The maximum absolute atomic E-state index is 12.5. The van der Waals surface area contributed by atoms with Crippen molar-refractivity contribution in [2.75, 3.05) is 79.7 Å². The average Bonchev–Trinajstić information content (AvgIpc) is 2.61. The summed E-state index contributed by atoms with van der Waals surface area (Å²) in [6, 6.07) is -0.00148. The molecule has 148 valence electrons. The molecular weight excluding hydrogens is 334 g/mol. The van der Waals surface area contributed by atoms with Gasteiger partial charge in [-0.3, -0.25) is 9.69 Å². The van der Waals surface area contributed by atoms with Gasteiger partial charge in [-0.2, -0.15) is 0 Å². The van der Waals surface area contributed by atoms with Crippen molar-refractivity contribution in [2.24, 2.45) is 0 Å². The van der Waals surface area contributed by atoms with Gasteiger partial charge in [0.2, 0.25) is 5.91 Å². The predicted molar refractivity (Wildman–Crippen MR) is 99.1 cm³/mol. The summed E-state index contributed by atoms with van der Waals surface area (Å²) in [6.45, 7) is 6.67. The summed E-state index contributed by atoms with van der Waals surface area (Å²) in [4.78, 5) is 33.0. The summed E-state index contributed by atoms with van der Waals surface area (Å²) in [7, 11) is 4.17. The Bertz CT molecular complexity index is 495. The third-order valence-corrected chi connectivity index (χ3v) is 6.18. The van der Waals surface area contributed by atoms with E-state index in [1.807, 2.05) is 9.80 Å². The number of morpholine rings is 1. The van der Waals surface area contributed by atoms with Gasteiger partial charge in [0.1, 0.15) is 0 Å². The second-order valence-electron chi connectivity index (χ2n) is 7.89. The van der Waals surface area contributed by atoms with Crippen molar-refractivity contribution in [3.05, 3.63) is 0 Å². The number of hydrogen-bond acceptors (Lipinski definition) is 5. The Morgan fingerprint density at radius 1 is 1.00 bits per heavy atom. The van der Waals surface area contributed by atoms with Crippen LogP contribution in [0.2, 0.25) is 0 Å². The van der Waals surface area contributed by atoms with Gasteiger partial charge in [-0.1, -0.05) is 0 Å². The number of urea groups is 1. The van der Waals surface area contributed by atoms with Gasteiger partial charge >= 0.3 is 6.03 Å². The maximum Gasteiger partial charge on any atom is 0.317 e. The Hall–Kier alpha value is -1.38. The molecule has 0 aromatic heterocycles. The normalized spacial score (nSPS) is 23.7. The topological polar surface area (TPSA) is 68.4 Å². The smallest absolute Gasteiger partial charge is 0.317 e. The van der Waals surface area contributed by atoms with E-state index in [1.54, 1.807) is 0 Å². The van der Waals surface area contributed by atoms with E-state index in [0.717, 1.165) is 25.9 Å². The lowest BCUT2D eigenvalue weighted by Gasteiger charge is -2.47. The SMILES string of the molecule is CN(C)C1(CNC(=O)N2CCN(C(=O)CN3CCOCC3)CC2)CCC1. The third kappa shape index (κ3) is 4.47. The predicted octanol–water partition coefficient (Wildman–Crippen LogP) is -0.343. The second kappa shape index (κ2) is 8.54. The number of amides is 3. The zero-order valence-corrected chi connectivity index (χ0v) is 16.2. The number of ether oxygens (including phenoxy) is 1. The molecule has 3 fully saturated rings. The quantitative estimate of drug-likeness (QED) is 0.720. The molecule has 0 spiro atoms. The average molecular weight is 367 g/mol. The van der Waals surface area contributed by atoms with Crippen LogP contribution in [0.25, 0.3) is 0 Å². The number of hydrogen-bond donors (Lipinski definition) is 1. The molecule has 0 aromatic carbocycles. The summed E-state index contributed by atoms with van der Waals surface area (Å²) in [5.41, 5.74) is 0.131. The van der Waals surface area contributed by atoms with Crippen molar-refractivity contribution in [3.63, 3.8) is 0 Å². The van der Waals surface area contributed by atoms with Gasteiger partial charge in [0.15, 0.2) is 0 Å². The number of rotatable bonds is 5. The Kier molecular flexibility index (Phi) is 6.37. The van der Waals surface area contributed by atoms with Gasteiger partial charge in [0.05, 0.1) is 19.8 Å². The Balaban J connectivity index is 1.38. The summed E-state index contributed by atoms with van der Waals surface area (Å²) in [5, 5.41) is 3.11. The zero-order valence-electron chi connectivity index (χ0n) is 16.2. The fourth-order valence-electron chi connectivity index (χ4n) is 3.93. The lowest BCUT2D eigenvalue weighted by molar-refractivity contribution is -0.134. The van der Waals surface area contributed by atoms with Crippen LogP contribution in [0.1, 0.15) is 19.3 Å². The second-order valence-corrected chi connectivity index (χ2v) is 7.89. The van der Waals surface area contributed by atoms with Crippen molar-refractivity contribution in [2.45, 2.75) is 24.8 Å². The molecule has 0 unspecified atom stereocenters. The van der Waals surface area contributed by atoms with Gasteiger partial charge in [0.25, 0.3) is 0 Å². The molecule has 0 bridgehead atoms. The molecular formula is C18H33N5O3. The number of nitrogens with zero attached hydrogens (tertiary/aromatic N) is 4. The molecule has 8 heteroatoms. The van der Waals surface area contributed by atoms with Crippen LogP contribution in [0.4, 0.5) is 4.79 Å². The fraction of sp³-hybridized carbons (Fsp3) is 0.889. The fourth-order valence-corrected chi connectivity index (χ4v) is 3.93. The molecule has 1 aliphatic carbocycles. The Morgan fingerprint density at radius 3 is 2.15 bits per heavy atom. The van der Waals surface area contributed by atoms with Crippen LogP contribution in [-0.2, 0) is 9.53 Å². The minimum atomic E-state index is -0.00148. The molecule has 3 amide bonds. The highest BCUT2D eigenvalue weighted by Gasteiger charge is 2.39. The number of nitrogens with one attached hydrogen (secondary N) is 1. The highest BCUT2D eigenvalue weighted by molar-refractivity contribution is 5.79. The van der Waals surface area contributed by atoms with Crippen molar-refractivity contribution in [3.8, 4) is 0 Å². The standard InChI is InChI=1S/C18H33N5O3/c1-20(2)18(4-3-5-18)15-19-17(25)23-8-6-22(7-9-23)16(24)14-21-10-12-26-13-11-21/h3-15H2,1-2H3,(H,19,25).